The maximum Gasteiger partial charge on any atom is -0.0289 e. The molecule has 0 aromatic heterocycles. The molecule has 3 unspecified atom stereocenters. The third-order valence-electron chi connectivity index (χ3n) is 7.41. The summed E-state index contributed by atoms with van der Waals surface area (Å²) in [7, 11) is 0. The van der Waals surface area contributed by atoms with Crippen molar-refractivity contribution in [3.05, 3.63) is 12.2 Å². The van der Waals surface area contributed by atoms with Crippen LogP contribution in [0.2, 0.25) is 0 Å². The number of rotatable bonds is 2. The standard InChI is InChI=1S/C25H46/c1-20(2)24-18-17-21(3)13-12-14-22(4)19-25(24)23-15-10-8-6-5-7-9-11-16-23/h20-21,23-25H,4-19H2,1-3H3. The lowest BCUT2D eigenvalue weighted by molar-refractivity contribution is 0.133. The van der Waals surface area contributed by atoms with Crippen LogP contribution in [0.3, 0.4) is 0 Å². The maximum absolute atomic E-state index is 4.53. The summed E-state index contributed by atoms with van der Waals surface area (Å²) < 4.78 is 0. The second-order valence-corrected chi connectivity index (χ2v) is 9.91. The van der Waals surface area contributed by atoms with E-state index in [2.05, 4.69) is 27.4 Å². The van der Waals surface area contributed by atoms with Crippen LogP contribution in [0, 0.1) is 29.6 Å². The molecule has 0 amide bonds. The molecule has 2 aliphatic rings. The van der Waals surface area contributed by atoms with E-state index in [9.17, 15) is 0 Å². The zero-order valence-electron chi connectivity index (χ0n) is 17.7. The lowest BCUT2D eigenvalue weighted by atomic mass is 9.67. The van der Waals surface area contributed by atoms with Gasteiger partial charge in [0.05, 0.1) is 0 Å². The lowest BCUT2D eigenvalue weighted by Gasteiger charge is -2.38. The predicted octanol–water partition coefficient (Wildman–Crippen LogP) is 8.56. The highest BCUT2D eigenvalue weighted by atomic mass is 14.4. The Morgan fingerprint density at radius 1 is 0.760 bits per heavy atom. The summed E-state index contributed by atoms with van der Waals surface area (Å²) in [6.07, 6.45) is 21.7. The smallest absolute Gasteiger partial charge is 0.0289 e. The van der Waals surface area contributed by atoms with Gasteiger partial charge in [-0.2, -0.15) is 0 Å². The van der Waals surface area contributed by atoms with Crippen LogP contribution in [-0.4, -0.2) is 0 Å². The van der Waals surface area contributed by atoms with E-state index in [4.69, 9.17) is 0 Å². The van der Waals surface area contributed by atoms with Gasteiger partial charge in [-0.3, -0.25) is 0 Å². The Labute approximate surface area is 159 Å². The SMILES string of the molecule is C=C1CCCC(C)CCC(C(C)C)C(C2CCCCCCCCC2)C1. The molecule has 0 spiro atoms. The minimum Gasteiger partial charge on any atom is -0.0999 e. The highest BCUT2D eigenvalue weighted by Gasteiger charge is 2.32. The van der Waals surface area contributed by atoms with Gasteiger partial charge in [-0.25, -0.2) is 0 Å². The van der Waals surface area contributed by atoms with E-state index in [0.29, 0.717) is 0 Å². The van der Waals surface area contributed by atoms with Crippen LogP contribution in [0.15, 0.2) is 12.2 Å². The van der Waals surface area contributed by atoms with E-state index >= 15 is 0 Å². The summed E-state index contributed by atoms with van der Waals surface area (Å²) in [4.78, 5) is 0. The van der Waals surface area contributed by atoms with Crippen molar-refractivity contribution in [3.63, 3.8) is 0 Å². The number of hydrogen-bond donors (Lipinski definition) is 0. The average Bonchev–Trinajstić information content (AvgIpc) is 2.58. The number of hydrogen-bond acceptors (Lipinski definition) is 0. The van der Waals surface area contributed by atoms with Crippen molar-refractivity contribution in [2.45, 2.75) is 117 Å². The Hall–Kier alpha value is -0.260. The molecule has 0 saturated heterocycles. The normalized spacial score (nSPS) is 32.5. The summed E-state index contributed by atoms with van der Waals surface area (Å²) in [5.41, 5.74) is 1.57. The molecule has 2 fully saturated rings. The molecule has 0 radical (unpaired) electrons. The van der Waals surface area contributed by atoms with E-state index in [0.717, 1.165) is 29.6 Å². The first kappa shape index (κ1) is 21.0. The molecule has 2 aliphatic carbocycles. The van der Waals surface area contributed by atoms with Crippen molar-refractivity contribution in [1.82, 2.24) is 0 Å². The molecule has 0 aromatic carbocycles. The van der Waals surface area contributed by atoms with Gasteiger partial charge in [0.1, 0.15) is 0 Å². The maximum atomic E-state index is 4.53. The molecule has 0 N–H and O–H groups in total. The summed E-state index contributed by atoms with van der Waals surface area (Å²) in [5.74, 6) is 4.55. The Balaban J connectivity index is 2.13. The fraction of sp³-hybridized carbons (Fsp3) is 0.920. The van der Waals surface area contributed by atoms with E-state index in [1.54, 1.807) is 5.57 Å². The van der Waals surface area contributed by atoms with Crippen molar-refractivity contribution in [3.8, 4) is 0 Å². The second-order valence-electron chi connectivity index (χ2n) is 9.91. The van der Waals surface area contributed by atoms with Crippen LogP contribution >= 0.6 is 0 Å². The molecule has 0 aromatic rings. The number of allylic oxidation sites excluding steroid dienone is 1. The first-order chi connectivity index (χ1) is 12.1. The third-order valence-corrected chi connectivity index (χ3v) is 7.41. The fourth-order valence-corrected chi connectivity index (χ4v) is 5.74. The monoisotopic (exact) mass is 346 g/mol. The van der Waals surface area contributed by atoms with Gasteiger partial charge in [0.25, 0.3) is 0 Å². The zero-order valence-corrected chi connectivity index (χ0v) is 17.7. The summed E-state index contributed by atoms with van der Waals surface area (Å²) in [6.45, 7) is 12.0. The van der Waals surface area contributed by atoms with E-state index in [-0.39, 0.29) is 0 Å². The van der Waals surface area contributed by atoms with Crippen molar-refractivity contribution in [1.29, 1.82) is 0 Å². The Morgan fingerprint density at radius 3 is 1.96 bits per heavy atom. The van der Waals surface area contributed by atoms with Gasteiger partial charge in [-0.05, 0) is 55.3 Å². The van der Waals surface area contributed by atoms with Gasteiger partial charge in [-0.1, -0.05) is 104 Å². The molecule has 146 valence electrons. The minimum atomic E-state index is 0.833. The van der Waals surface area contributed by atoms with Crippen molar-refractivity contribution in [2.24, 2.45) is 29.6 Å². The highest BCUT2D eigenvalue weighted by molar-refractivity contribution is 4.99. The molecule has 2 rings (SSSR count). The molecule has 2 saturated carbocycles. The molecule has 0 nitrogen and oxygen atoms in total. The predicted molar refractivity (Wildman–Crippen MR) is 113 cm³/mol. The molecule has 0 heterocycles. The molecule has 3 atom stereocenters. The molecule has 0 heteroatoms. The molecule has 25 heavy (non-hydrogen) atoms. The third kappa shape index (κ3) is 7.48. The van der Waals surface area contributed by atoms with Crippen LogP contribution in [0.25, 0.3) is 0 Å². The largest absolute Gasteiger partial charge is 0.0999 e. The van der Waals surface area contributed by atoms with Gasteiger partial charge in [0.2, 0.25) is 0 Å². The molecular weight excluding hydrogens is 300 g/mol. The van der Waals surface area contributed by atoms with Gasteiger partial charge in [0, 0.05) is 0 Å². The fourth-order valence-electron chi connectivity index (χ4n) is 5.74. The van der Waals surface area contributed by atoms with Crippen LogP contribution in [0.4, 0.5) is 0 Å². The van der Waals surface area contributed by atoms with E-state index in [1.807, 2.05) is 0 Å². The van der Waals surface area contributed by atoms with Gasteiger partial charge < -0.3 is 0 Å². The first-order valence-corrected chi connectivity index (χ1v) is 11.7. The van der Waals surface area contributed by atoms with Crippen LogP contribution in [0.5, 0.6) is 0 Å². The highest BCUT2D eigenvalue weighted by Crippen LogP contribution is 2.42. The van der Waals surface area contributed by atoms with Crippen molar-refractivity contribution < 1.29 is 0 Å². The summed E-state index contributed by atoms with van der Waals surface area (Å²) in [5, 5.41) is 0. The van der Waals surface area contributed by atoms with Gasteiger partial charge >= 0.3 is 0 Å². The Morgan fingerprint density at radius 2 is 1.36 bits per heavy atom. The van der Waals surface area contributed by atoms with Gasteiger partial charge in [0.15, 0.2) is 0 Å². The molecule has 0 bridgehead atoms. The topological polar surface area (TPSA) is 0 Å². The Bertz CT molecular complexity index is 356. The van der Waals surface area contributed by atoms with E-state index < -0.39 is 0 Å². The van der Waals surface area contributed by atoms with Crippen molar-refractivity contribution in [2.75, 3.05) is 0 Å². The quantitative estimate of drug-likeness (QED) is 0.439. The molecular formula is C25H46. The van der Waals surface area contributed by atoms with E-state index in [1.165, 1.54) is 96.3 Å². The second kappa shape index (κ2) is 11.5. The zero-order chi connectivity index (χ0) is 18.1. The summed E-state index contributed by atoms with van der Waals surface area (Å²) in [6, 6.07) is 0. The van der Waals surface area contributed by atoms with Crippen LogP contribution in [-0.2, 0) is 0 Å². The molecule has 0 aliphatic heterocycles. The van der Waals surface area contributed by atoms with Crippen LogP contribution in [0.1, 0.15) is 117 Å². The van der Waals surface area contributed by atoms with Crippen molar-refractivity contribution >= 4 is 0 Å². The lowest BCUT2D eigenvalue weighted by Crippen LogP contribution is -2.29. The van der Waals surface area contributed by atoms with Gasteiger partial charge in [-0.15, -0.1) is 0 Å². The average molecular weight is 347 g/mol. The van der Waals surface area contributed by atoms with Crippen LogP contribution < -0.4 is 0 Å². The minimum absolute atomic E-state index is 0.833. The summed E-state index contributed by atoms with van der Waals surface area (Å²) >= 11 is 0. The Kier molecular flexibility index (Phi) is 9.64. The first-order valence-electron chi connectivity index (χ1n) is 11.7.